The number of rotatable bonds is 3. The van der Waals surface area contributed by atoms with Crippen LogP contribution in [0, 0.1) is 6.92 Å². The fourth-order valence-corrected chi connectivity index (χ4v) is 6.28. The number of Topliss-reactive ketones (excluding diaryl/α,β-unsaturated/α-hetero) is 1. The maximum Gasteiger partial charge on any atom is 0.168 e. The van der Waals surface area contributed by atoms with Gasteiger partial charge in [0.25, 0.3) is 0 Å². The second-order valence-corrected chi connectivity index (χ2v) is 8.67. The molecular formula is C20H29NO3S. The van der Waals surface area contributed by atoms with Gasteiger partial charge in [0, 0.05) is 42.3 Å². The number of anilines is 1. The summed E-state index contributed by atoms with van der Waals surface area (Å²) in [6.45, 7) is 6.86. The quantitative estimate of drug-likeness (QED) is 0.742. The Morgan fingerprint density at radius 1 is 1.16 bits per heavy atom. The van der Waals surface area contributed by atoms with Crippen molar-refractivity contribution in [2.75, 3.05) is 24.7 Å². The van der Waals surface area contributed by atoms with Crippen LogP contribution in [0.25, 0.3) is 0 Å². The van der Waals surface area contributed by atoms with Gasteiger partial charge >= 0.3 is 0 Å². The van der Waals surface area contributed by atoms with Crippen LogP contribution < -0.4 is 4.90 Å². The molecule has 4 nitrogen and oxygen atoms in total. The van der Waals surface area contributed by atoms with E-state index in [1.807, 2.05) is 11.3 Å². The predicted molar refractivity (Wildman–Crippen MR) is 101 cm³/mol. The van der Waals surface area contributed by atoms with Crippen LogP contribution in [0.15, 0.2) is 0 Å². The Balaban J connectivity index is 1.56. The van der Waals surface area contributed by atoms with Gasteiger partial charge in [-0.3, -0.25) is 4.79 Å². The molecule has 1 spiro atoms. The third-order valence-electron chi connectivity index (χ3n) is 6.10. The van der Waals surface area contributed by atoms with Gasteiger partial charge in [-0.05, 0) is 51.5 Å². The molecule has 1 saturated carbocycles. The van der Waals surface area contributed by atoms with Gasteiger partial charge in [0.1, 0.15) is 0 Å². The number of nitrogens with zero attached hydrogens (tertiary/aromatic N) is 1. The largest absolute Gasteiger partial charge is 0.360 e. The molecule has 2 heterocycles. The predicted octanol–water partition coefficient (Wildman–Crippen LogP) is 4.48. The van der Waals surface area contributed by atoms with Crippen molar-refractivity contribution in [3.63, 3.8) is 0 Å². The smallest absolute Gasteiger partial charge is 0.168 e. The van der Waals surface area contributed by atoms with Crippen molar-refractivity contribution in [2.45, 2.75) is 77.0 Å². The maximum atomic E-state index is 12.6. The molecule has 0 aromatic carbocycles. The zero-order chi connectivity index (χ0) is 17.4. The van der Waals surface area contributed by atoms with E-state index in [-0.39, 0.29) is 5.79 Å². The molecule has 0 radical (unpaired) electrons. The lowest BCUT2D eigenvalue weighted by Gasteiger charge is -2.41. The van der Waals surface area contributed by atoms with Crippen LogP contribution in [-0.2, 0) is 15.9 Å². The van der Waals surface area contributed by atoms with Crippen LogP contribution in [0.4, 0.5) is 5.00 Å². The van der Waals surface area contributed by atoms with E-state index in [0.29, 0.717) is 11.8 Å². The van der Waals surface area contributed by atoms with Gasteiger partial charge in [-0.15, -0.1) is 11.3 Å². The normalized spacial score (nSPS) is 23.7. The van der Waals surface area contributed by atoms with Gasteiger partial charge in [-0.1, -0.05) is 0 Å². The molecule has 138 valence electrons. The number of aryl methyl sites for hydroxylation is 1. The Morgan fingerprint density at radius 3 is 2.52 bits per heavy atom. The van der Waals surface area contributed by atoms with Crippen LogP contribution in [0.2, 0.25) is 0 Å². The summed E-state index contributed by atoms with van der Waals surface area (Å²) < 4.78 is 11.8. The van der Waals surface area contributed by atoms with Crippen molar-refractivity contribution in [2.24, 2.45) is 0 Å². The van der Waals surface area contributed by atoms with Gasteiger partial charge in [0.15, 0.2) is 11.6 Å². The summed E-state index contributed by atoms with van der Waals surface area (Å²) >= 11 is 1.87. The lowest BCUT2D eigenvalue weighted by Crippen LogP contribution is -2.44. The van der Waals surface area contributed by atoms with Crippen molar-refractivity contribution < 1.29 is 14.3 Å². The maximum absolute atomic E-state index is 12.6. The molecule has 2 aliphatic carbocycles. The lowest BCUT2D eigenvalue weighted by atomic mass is 9.89. The lowest BCUT2D eigenvalue weighted by molar-refractivity contribution is -0.178. The third-order valence-corrected chi connectivity index (χ3v) is 7.49. The number of carbonyl (C=O) groups excluding carboxylic acids is 1. The first-order chi connectivity index (χ1) is 12.1. The molecule has 25 heavy (non-hydrogen) atoms. The number of carbonyl (C=O) groups is 1. The summed E-state index contributed by atoms with van der Waals surface area (Å²) in [5, 5.41) is 1.33. The minimum Gasteiger partial charge on any atom is -0.360 e. The number of ketones is 1. The first kappa shape index (κ1) is 17.5. The molecule has 0 unspecified atom stereocenters. The molecule has 0 bridgehead atoms. The van der Waals surface area contributed by atoms with E-state index < -0.39 is 0 Å². The minimum absolute atomic E-state index is 0.298. The zero-order valence-corrected chi connectivity index (χ0v) is 16.3. The molecule has 1 aliphatic heterocycles. The van der Waals surface area contributed by atoms with Crippen molar-refractivity contribution in [3.8, 4) is 0 Å². The van der Waals surface area contributed by atoms with E-state index in [4.69, 9.17) is 9.47 Å². The second kappa shape index (κ2) is 7.01. The van der Waals surface area contributed by atoms with E-state index >= 15 is 0 Å². The number of hydrogen-bond acceptors (Lipinski definition) is 5. The third kappa shape index (κ3) is 3.15. The van der Waals surface area contributed by atoms with Crippen molar-refractivity contribution in [3.05, 3.63) is 16.0 Å². The minimum atomic E-state index is -0.298. The van der Waals surface area contributed by atoms with E-state index in [0.717, 1.165) is 76.7 Å². The SMILES string of the molecule is CCN(c1sc2c(c1C)C(=O)CCCC2)C1CCC2(CC1)OCCO2. The summed E-state index contributed by atoms with van der Waals surface area (Å²) in [6, 6.07) is 0.527. The molecule has 4 rings (SSSR count). The summed E-state index contributed by atoms with van der Waals surface area (Å²) in [5.41, 5.74) is 2.27. The van der Waals surface area contributed by atoms with Crippen molar-refractivity contribution in [1.82, 2.24) is 0 Å². The molecular weight excluding hydrogens is 334 g/mol. The summed E-state index contributed by atoms with van der Waals surface area (Å²) in [7, 11) is 0. The number of hydrogen-bond donors (Lipinski definition) is 0. The number of ether oxygens (including phenoxy) is 2. The van der Waals surface area contributed by atoms with Gasteiger partial charge in [0.2, 0.25) is 0 Å². The highest BCUT2D eigenvalue weighted by molar-refractivity contribution is 7.16. The van der Waals surface area contributed by atoms with E-state index in [1.165, 1.54) is 15.4 Å². The highest BCUT2D eigenvalue weighted by Crippen LogP contribution is 2.43. The molecule has 0 atom stereocenters. The molecule has 0 amide bonds. The fraction of sp³-hybridized carbons (Fsp3) is 0.750. The standard InChI is InChI=1S/C20H29NO3S/c1-3-21(15-8-10-20(11-9-15)23-12-13-24-20)19-14(2)18-16(22)6-4-5-7-17(18)25-19/h15H,3-13H2,1-2H3. The molecule has 1 aromatic heterocycles. The monoisotopic (exact) mass is 363 g/mol. The Morgan fingerprint density at radius 2 is 1.84 bits per heavy atom. The fourth-order valence-electron chi connectivity index (χ4n) is 4.78. The van der Waals surface area contributed by atoms with Gasteiger partial charge in [0.05, 0.1) is 18.2 Å². The first-order valence-corrected chi connectivity index (χ1v) is 10.7. The Bertz CT molecular complexity index is 638. The number of thiophene rings is 1. The van der Waals surface area contributed by atoms with Crippen LogP contribution >= 0.6 is 11.3 Å². The Hall–Kier alpha value is -0.910. The highest BCUT2D eigenvalue weighted by atomic mass is 32.1. The summed E-state index contributed by atoms with van der Waals surface area (Å²) in [4.78, 5) is 16.4. The highest BCUT2D eigenvalue weighted by Gasteiger charge is 2.42. The average Bonchev–Trinajstić information content (AvgIpc) is 3.14. The average molecular weight is 364 g/mol. The van der Waals surface area contributed by atoms with Gasteiger partial charge in [-0.25, -0.2) is 0 Å². The summed E-state index contributed by atoms with van der Waals surface area (Å²) in [6.07, 6.45) is 8.14. The Labute approximate surface area is 154 Å². The van der Waals surface area contributed by atoms with Crippen LogP contribution in [0.1, 0.15) is 72.7 Å². The van der Waals surface area contributed by atoms with E-state index in [9.17, 15) is 4.79 Å². The van der Waals surface area contributed by atoms with E-state index in [2.05, 4.69) is 18.7 Å². The Kier molecular flexibility index (Phi) is 4.91. The number of fused-ring (bicyclic) bond motifs is 1. The van der Waals surface area contributed by atoms with Crippen molar-refractivity contribution >= 4 is 22.1 Å². The van der Waals surface area contributed by atoms with Crippen LogP contribution in [-0.4, -0.2) is 37.4 Å². The van der Waals surface area contributed by atoms with Crippen LogP contribution in [0.3, 0.4) is 0 Å². The van der Waals surface area contributed by atoms with Crippen LogP contribution in [0.5, 0.6) is 0 Å². The molecule has 2 fully saturated rings. The molecule has 3 aliphatic rings. The molecule has 1 saturated heterocycles. The first-order valence-electron chi connectivity index (χ1n) is 9.83. The zero-order valence-electron chi connectivity index (χ0n) is 15.4. The summed E-state index contributed by atoms with van der Waals surface area (Å²) in [5.74, 6) is 0.0620. The van der Waals surface area contributed by atoms with Gasteiger partial charge in [-0.2, -0.15) is 0 Å². The van der Waals surface area contributed by atoms with Crippen molar-refractivity contribution in [1.29, 1.82) is 0 Å². The molecule has 5 heteroatoms. The topological polar surface area (TPSA) is 38.8 Å². The second-order valence-electron chi connectivity index (χ2n) is 7.59. The molecule has 1 aromatic rings. The molecule has 0 N–H and O–H groups in total. The van der Waals surface area contributed by atoms with E-state index in [1.54, 1.807) is 0 Å². The van der Waals surface area contributed by atoms with Gasteiger partial charge < -0.3 is 14.4 Å².